The first-order chi connectivity index (χ1) is 3.91. The molecule has 0 aliphatic rings. The topological polar surface area (TPSA) is 38.4 Å². The number of hydrogen-bond donors (Lipinski definition) is 0. The molecule has 0 aromatic carbocycles. The van der Waals surface area contributed by atoms with Gasteiger partial charge in [0.2, 0.25) is 0 Å². The molecule has 48 valence electrons. The summed E-state index contributed by atoms with van der Waals surface area (Å²) in [6.07, 6.45) is 0.954. The lowest BCUT2D eigenvalue weighted by Gasteiger charge is -1.95. The van der Waals surface area contributed by atoms with Crippen LogP contribution in [0.1, 0.15) is 13.3 Å². The maximum atomic E-state index is 9.28. The Morgan fingerprint density at radius 2 is 2.38 bits per heavy atom. The normalized spacial score (nSPS) is 9.75. The monoisotopic (exact) mass is 118 g/mol. The van der Waals surface area contributed by atoms with E-state index in [1.807, 2.05) is 6.92 Å². The van der Waals surface area contributed by atoms with Crippen LogP contribution in [0.25, 0.3) is 0 Å². The second-order valence-electron chi connectivity index (χ2n) is 1.32. The quantitative estimate of drug-likeness (QED) is 0.306. The maximum Gasteiger partial charge on any atom is 0.114 e. The first kappa shape index (κ1) is 7.88. The van der Waals surface area contributed by atoms with Gasteiger partial charge >= 0.3 is 0 Å². The molecule has 3 heteroatoms. The molecule has 8 heavy (non-hydrogen) atoms. The van der Waals surface area contributed by atoms with E-state index < -0.39 is 0 Å². The summed E-state index contributed by atoms with van der Waals surface area (Å²) in [5.74, 6) is 0. The molecule has 0 heterocycles. The van der Waals surface area contributed by atoms with Gasteiger partial charge in [0.25, 0.3) is 0 Å². The minimum atomic E-state index is 0.0278. The van der Waals surface area contributed by atoms with Gasteiger partial charge in [0.1, 0.15) is 13.2 Å². The van der Waals surface area contributed by atoms with Gasteiger partial charge in [0, 0.05) is 6.61 Å². The van der Waals surface area contributed by atoms with Gasteiger partial charge in [0.05, 0.1) is 0 Å². The van der Waals surface area contributed by atoms with E-state index in [4.69, 9.17) is 4.74 Å². The average molecular weight is 118 g/mol. The van der Waals surface area contributed by atoms with Crippen LogP contribution in [0.2, 0.25) is 0 Å². The maximum absolute atomic E-state index is 9.28. The van der Waals surface area contributed by atoms with Crippen molar-refractivity contribution in [2.45, 2.75) is 13.3 Å². The van der Waals surface area contributed by atoms with E-state index in [1.54, 1.807) is 0 Å². The average Bonchev–Trinajstić information content (AvgIpc) is 1.81. The van der Waals surface area contributed by atoms with E-state index in [2.05, 4.69) is 4.89 Å². The summed E-state index contributed by atoms with van der Waals surface area (Å²) in [4.78, 5) is 3.46. The predicted molar refractivity (Wildman–Crippen MR) is 27.2 cm³/mol. The largest absolute Gasteiger partial charge is 0.373 e. The van der Waals surface area contributed by atoms with Crippen molar-refractivity contribution in [3.05, 3.63) is 6.61 Å². The van der Waals surface area contributed by atoms with E-state index in [0.717, 1.165) is 6.42 Å². The SMILES string of the molecule is CCCO[CH]CO[O]. The Morgan fingerprint density at radius 3 is 2.88 bits per heavy atom. The van der Waals surface area contributed by atoms with Crippen LogP contribution < -0.4 is 0 Å². The van der Waals surface area contributed by atoms with Crippen LogP contribution in [0.15, 0.2) is 0 Å². The Labute approximate surface area is 49.1 Å². The van der Waals surface area contributed by atoms with Crippen molar-refractivity contribution in [3.8, 4) is 0 Å². The number of hydrogen-bond acceptors (Lipinski definition) is 2. The zero-order valence-corrected chi connectivity index (χ0v) is 4.92. The van der Waals surface area contributed by atoms with Crippen molar-refractivity contribution < 1.29 is 14.9 Å². The summed E-state index contributed by atoms with van der Waals surface area (Å²) < 4.78 is 4.77. The van der Waals surface area contributed by atoms with Crippen molar-refractivity contribution in [3.63, 3.8) is 0 Å². The van der Waals surface area contributed by atoms with Crippen molar-refractivity contribution in [2.24, 2.45) is 0 Å². The Morgan fingerprint density at radius 1 is 1.62 bits per heavy atom. The Balaban J connectivity index is 2.53. The van der Waals surface area contributed by atoms with Crippen LogP contribution >= 0.6 is 0 Å². The zero-order chi connectivity index (χ0) is 6.24. The minimum Gasteiger partial charge on any atom is -0.373 e. The van der Waals surface area contributed by atoms with Crippen molar-refractivity contribution in [1.82, 2.24) is 0 Å². The fourth-order valence-electron chi connectivity index (χ4n) is 0.277. The summed E-state index contributed by atoms with van der Waals surface area (Å²) in [5, 5.41) is 9.28. The summed E-state index contributed by atoms with van der Waals surface area (Å²) in [6, 6.07) is 0. The van der Waals surface area contributed by atoms with Crippen LogP contribution in [0.3, 0.4) is 0 Å². The van der Waals surface area contributed by atoms with Gasteiger partial charge in [-0.2, -0.15) is 0 Å². The van der Waals surface area contributed by atoms with Crippen LogP contribution in [-0.4, -0.2) is 13.2 Å². The molecule has 0 fully saturated rings. The first-order valence-electron chi connectivity index (χ1n) is 2.60. The van der Waals surface area contributed by atoms with Crippen LogP contribution in [0.5, 0.6) is 0 Å². The highest BCUT2D eigenvalue weighted by Gasteiger charge is 1.85. The van der Waals surface area contributed by atoms with E-state index in [1.165, 1.54) is 6.61 Å². The Bertz CT molecular complexity index is 32.7. The zero-order valence-electron chi connectivity index (χ0n) is 4.92. The molecule has 3 nitrogen and oxygen atoms in total. The number of rotatable bonds is 5. The number of ether oxygens (including phenoxy) is 1. The molecule has 0 aromatic heterocycles. The summed E-state index contributed by atoms with van der Waals surface area (Å²) in [7, 11) is 0. The van der Waals surface area contributed by atoms with Crippen LogP contribution in [0.4, 0.5) is 0 Å². The highest BCUT2D eigenvalue weighted by molar-refractivity contribution is 4.43. The van der Waals surface area contributed by atoms with E-state index in [-0.39, 0.29) is 6.61 Å². The molecule has 0 atom stereocenters. The third-order valence-electron chi connectivity index (χ3n) is 0.576. The molecule has 0 rings (SSSR count). The van der Waals surface area contributed by atoms with E-state index in [0.29, 0.717) is 6.61 Å². The summed E-state index contributed by atoms with van der Waals surface area (Å²) in [5.41, 5.74) is 0. The molecule has 0 spiro atoms. The van der Waals surface area contributed by atoms with Gasteiger partial charge in [-0.05, 0) is 11.7 Å². The molecule has 0 amide bonds. The molecule has 0 unspecified atom stereocenters. The van der Waals surface area contributed by atoms with Gasteiger partial charge in [0.15, 0.2) is 0 Å². The molecule has 0 N–H and O–H groups in total. The van der Waals surface area contributed by atoms with Crippen molar-refractivity contribution in [2.75, 3.05) is 13.2 Å². The summed E-state index contributed by atoms with van der Waals surface area (Å²) in [6.45, 7) is 4.03. The van der Waals surface area contributed by atoms with Crippen LogP contribution in [-0.2, 0) is 14.9 Å². The second-order valence-corrected chi connectivity index (χ2v) is 1.32. The Kier molecular flexibility index (Phi) is 6.78. The highest BCUT2D eigenvalue weighted by Crippen LogP contribution is 1.84. The lowest BCUT2D eigenvalue weighted by Crippen LogP contribution is -1.94. The molecule has 0 bridgehead atoms. The van der Waals surface area contributed by atoms with Gasteiger partial charge in [-0.25, -0.2) is 4.89 Å². The van der Waals surface area contributed by atoms with Gasteiger partial charge in [-0.1, -0.05) is 6.92 Å². The van der Waals surface area contributed by atoms with E-state index in [9.17, 15) is 5.26 Å². The fourth-order valence-corrected chi connectivity index (χ4v) is 0.277. The molecule has 0 aliphatic carbocycles. The van der Waals surface area contributed by atoms with E-state index >= 15 is 0 Å². The molecule has 0 aliphatic heterocycles. The van der Waals surface area contributed by atoms with Gasteiger partial charge < -0.3 is 4.74 Å². The molecular formula is C5H10O3. The van der Waals surface area contributed by atoms with Gasteiger partial charge in [-0.15, -0.1) is 0 Å². The minimum absolute atomic E-state index is 0.0278. The molecule has 0 saturated heterocycles. The van der Waals surface area contributed by atoms with Crippen molar-refractivity contribution in [1.29, 1.82) is 0 Å². The molecular weight excluding hydrogens is 108 g/mol. The molecule has 2 radical (unpaired) electrons. The smallest absolute Gasteiger partial charge is 0.114 e. The van der Waals surface area contributed by atoms with Crippen molar-refractivity contribution >= 4 is 0 Å². The van der Waals surface area contributed by atoms with Gasteiger partial charge in [-0.3, -0.25) is 0 Å². The Hall–Kier alpha value is -0.120. The lowest BCUT2D eigenvalue weighted by atomic mass is 10.5. The third-order valence-corrected chi connectivity index (χ3v) is 0.576. The predicted octanol–water partition coefficient (Wildman–Crippen LogP) is 0.937. The molecule has 0 saturated carbocycles. The lowest BCUT2D eigenvalue weighted by molar-refractivity contribution is -0.302. The third kappa shape index (κ3) is 5.88. The second kappa shape index (κ2) is 6.88. The fraction of sp³-hybridized carbons (Fsp3) is 0.800. The van der Waals surface area contributed by atoms with Crippen LogP contribution in [0, 0.1) is 6.61 Å². The summed E-state index contributed by atoms with van der Waals surface area (Å²) >= 11 is 0. The molecule has 0 aromatic rings. The highest BCUT2D eigenvalue weighted by atomic mass is 17.1. The first-order valence-corrected chi connectivity index (χ1v) is 2.60. The standard InChI is InChI=1S/C5H10O3/c1-2-3-7-4-5-8-6/h4H,2-3,5H2,1H3.